The van der Waals surface area contributed by atoms with Gasteiger partial charge in [-0.3, -0.25) is 0 Å². The molecule has 0 N–H and O–H groups in total. The van der Waals surface area contributed by atoms with Gasteiger partial charge < -0.3 is 4.74 Å². The van der Waals surface area contributed by atoms with Gasteiger partial charge in [-0.15, -0.1) is 11.8 Å². The van der Waals surface area contributed by atoms with Crippen LogP contribution in [0.15, 0.2) is 47.1 Å². The van der Waals surface area contributed by atoms with Crippen LogP contribution in [-0.2, 0) is 5.41 Å². The first-order valence-corrected chi connectivity index (χ1v) is 6.49. The molecule has 0 atom stereocenters. The highest BCUT2D eigenvalue weighted by atomic mass is 32.2. The zero-order chi connectivity index (χ0) is 11.2. The second-order valence-corrected chi connectivity index (χ2v) is 5.66. The predicted molar refractivity (Wildman–Crippen MR) is 68.7 cm³/mol. The minimum atomic E-state index is 0.0691. The maximum absolute atomic E-state index is 5.94. The maximum Gasteiger partial charge on any atom is 0.137 e. The van der Waals surface area contributed by atoms with Crippen LogP contribution in [0.3, 0.4) is 0 Å². The van der Waals surface area contributed by atoms with Crippen molar-refractivity contribution in [2.24, 2.45) is 0 Å². The molecule has 0 aliphatic carbocycles. The number of para-hydroxylation sites is 1. The fraction of sp³-hybridized carbons (Fsp3) is 0.286. The van der Waals surface area contributed by atoms with Crippen molar-refractivity contribution in [3.05, 3.63) is 52.6 Å². The van der Waals surface area contributed by atoms with E-state index in [0.29, 0.717) is 0 Å². The van der Waals surface area contributed by atoms with Crippen LogP contribution in [0, 0.1) is 0 Å². The van der Waals surface area contributed by atoms with Crippen molar-refractivity contribution in [3.8, 4) is 5.75 Å². The molecule has 2 aliphatic heterocycles. The lowest BCUT2D eigenvalue weighted by molar-refractivity contribution is 0.393. The molecule has 0 saturated carbocycles. The summed E-state index contributed by atoms with van der Waals surface area (Å²) in [5.74, 6) is 3.08. The lowest BCUT2D eigenvalue weighted by atomic mass is 9.81. The zero-order valence-corrected chi connectivity index (χ0v) is 10.3. The quantitative estimate of drug-likeness (QED) is 0.669. The van der Waals surface area contributed by atoms with E-state index in [4.69, 9.17) is 4.74 Å². The number of ether oxygens (including phenoxy) is 1. The summed E-state index contributed by atoms with van der Waals surface area (Å²) in [5.41, 5.74) is 1.36. The third kappa shape index (κ3) is 1.33. The first-order chi connectivity index (χ1) is 7.69. The highest BCUT2D eigenvalue weighted by Crippen LogP contribution is 2.49. The molecule has 2 heterocycles. The average Bonchev–Trinajstić information content (AvgIpc) is 2.29. The van der Waals surface area contributed by atoms with Gasteiger partial charge in [0.1, 0.15) is 11.5 Å². The van der Waals surface area contributed by atoms with Gasteiger partial charge in [0.05, 0.1) is 0 Å². The Morgan fingerprint density at radius 2 is 2.06 bits per heavy atom. The summed E-state index contributed by atoms with van der Waals surface area (Å²) >= 11 is 1.89. The number of thioether (sulfide) groups is 1. The highest BCUT2D eigenvalue weighted by Gasteiger charge is 2.36. The number of allylic oxidation sites excluding steroid dienone is 2. The first-order valence-electron chi connectivity index (χ1n) is 5.51. The lowest BCUT2D eigenvalue weighted by Crippen LogP contribution is -2.27. The summed E-state index contributed by atoms with van der Waals surface area (Å²) in [5, 5.41) is 0. The van der Waals surface area contributed by atoms with E-state index in [1.54, 1.807) is 0 Å². The Kier molecular flexibility index (Phi) is 2.15. The fourth-order valence-corrected chi connectivity index (χ4v) is 3.40. The van der Waals surface area contributed by atoms with Gasteiger partial charge in [-0.1, -0.05) is 38.1 Å². The van der Waals surface area contributed by atoms with E-state index in [1.807, 2.05) is 23.9 Å². The standard InChI is InChI=1S/C14H14OS/c1-14(2)10-6-3-4-7-11(10)15-12-8-5-9-16-13(12)14/h3-8H,9H2,1-2H3. The Balaban J connectivity index is 2.20. The minimum absolute atomic E-state index is 0.0691. The molecule has 0 spiro atoms. The molecule has 0 fully saturated rings. The Morgan fingerprint density at radius 1 is 1.25 bits per heavy atom. The predicted octanol–water partition coefficient (Wildman–Crippen LogP) is 3.87. The van der Waals surface area contributed by atoms with E-state index in [-0.39, 0.29) is 5.41 Å². The lowest BCUT2D eigenvalue weighted by Gasteiger charge is -2.36. The number of benzene rings is 1. The van der Waals surface area contributed by atoms with Crippen molar-refractivity contribution in [1.82, 2.24) is 0 Å². The number of hydrogen-bond donors (Lipinski definition) is 0. The number of rotatable bonds is 0. The van der Waals surface area contributed by atoms with Gasteiger partial charge in [-0.05, 0) is 12.1 Å². The summed E-state index contributed by atoms with van der Waals surface area (Å²) in [6.07, 6.45) is 4.26. The Labute approximate surface area is 100 Å². The third-order valence-corrected chi connectivity index (χ3v) is 4.52. The molecule has 2 aliphatic rings. The van der Waals surface area contributed by atoms with Crippen LogP contribution in [0.5, 0.6) is 5.75 Å². The molecule has 1 nitrogen and oxygen atoms in total. The molecule has 0 aromatic heterocycles. The van der Waals surface area contributed by atoms with Gasteiger partial charge in [0, 0.05) is 21.6 Å². The summed E-state index contributed by atoms with van der Waals surface area (Å²) in [7, 11) is 0. The van der Waals surface area contributed by atoms with Crippen LogP contribution in [-0.4, -0.2) is 5.75 Å². The SMILES string of the molecule is CC1(C)C2=C(C=CCS2)Oc2ccccc21. The Bertz CT molecular complexity index is 497. The van der Waals surface area contributed by atoms with E-state index in [1.165, 1.54) is 10.5 Å². The molecule has 0 unspecified atom stereocenters. The van der Waals surface area contributed by atoms with Crippen LogP contribution >= 0.6 is 11.8 Å². The van der Waals surface area contributed by atoms with E-state index in [0.717, 1.165) is 17.3 Å². The molecule has 0 saturated heterocycles. The molecule has 0 radical (unpaired) electrons. The number of fused-ring (bicyclic) bond motifs is 1. The van der Waals surface area contributed by atoms with Crippen molar-refractivity contribution < 1.29 is 4.74 Å². The molecule has 0 amide bonds. The summed E-state index contributed by atoms with van der Waals surface area (Å²) < 4.78 is 5.94. The Morgan fingerprint density at radius 3 is 2.94 bits per heavy atom. The van der Waals surface area contributed by atoms with Crippen LogP contribution < -0.4 is 4.74 Å². The average molecular weight is 230 g/mol. The van der Waals surface area contributed by atoms with Gasteiger partial charge in [0.2, 0.25) is 0 Å². The monoisotopic (exact) mass is 230 g/mol. The second kappa shape index (κ2) is 3.42. The van der Waals surface area contributed by atoms with Crippen LogP contribution in [0.25, 0.3) is 0 Å². The molecule has 1 aromatic rings. The summed E-state index contributed by atoms with van der Waals surface area (Å²) in [6.45, 7) is 4.55. The van der Waals surface area contributed by atoms with Crippen LogP contribution in [0.1, 0.15) is 19.4 Å². The van der Waals surface area contributed by atoms with Gasteiger partial charge in [0.15, 0.2) is 0 Å². The maximum atomic E-state index is 5.94. The normalized spacial score (nSPS) is 21.1. The molecule has 82 valence electrons. The molecule has 3 rings (SSSR count). The summed E-state index contributed by atoms with van der Waals surface area (Å²) in [6, 6.07) is 8.32. The second-order valence-electron chi connectivity index (χ2n) is 4.63. The molecule has 1 aromatic carbocycles. The van der Waals surface area contributed by atoms with E-state index in [9.17, 15) is 0 Å². The van der Waals surface area contributed by atoms with Crippen LogP contribution in [0.4, 0.5) is 0 Å². The van der Waals surface area contributed by atoms with E-state index < -0.39 is 0 Å². The smallest absolute Gasteiger partial charge is 0.137 e. The Hall–Kier alpha value is -1.15. The van der Waals surface area contributed by atoms with Crippen molar-refractivity contribution in [1.29, 1.82) is 0 Å². The van der Waals surface area contributed by atoms with E-state index >= 15 is 0 Å². The van der Waals surface area contributed by atoms with E-state index in [2.05, 4.69) is 38.1 Å². The third-order valence-electron chi connectivity index (χ3n) is 3.16. The van der Waals surface area contributed by atoms with Crippen molar-refractivity contribution in [2.45, 2.75) is 19.3 Å². The van der Waals surface area contributed by atoms with Crippen molar-refractivity contribution in [2.75, 3.05) is 5.75 Å². The molecular weight excluding hydrogens is 216 g/mol. The fourth-order valence-electron chi connectivity index (χ4n) is 2.31. The minimum Gasteiger partial charge on any atom is -0.456 e. The molecular formula is C14H14OS. The number of hydrogen-bond acceptors (Lipinski definition) is 2. The van der Waals surface area contributed by atoms with Gasteiger partial charge in [-0.25, -0.2) is 0 Å². The van der Waals surface area contributed by atoms with Crippen molar-refractivity contribution >= 4 is 11.8 Å². The van der Waals surface area contributed by atoms with Gasteiger partial charge >= 0.3 is 0 Å². The summed E-state index contributed by atoms with van der Waals surface area (Å²) in [4.78, 5) is 1.36. The van der Waals surface area contributed by atoms with Gasteiger partial charge in [0.25, 0.3) is 0 Å². The largest absolute Gasteiger partial charge is 0.456 e. The molecule has 0 bridgehead atoms. The molecule has 2 heteroatoms. The zero-order valence-electron chi connectivity index (χ0n) is 9.49. The first kappa shape index (κ1) is 10.0. The topological polar surface area (TPSA) is 9.23 Å². The molecule has 16 heavy (non-hydrogen) atoms. The van der Waals surface area contributed by atoms with Crippen molar-refractivity contribution in [3.63, 3.8) is 0 Å². The van der Waals surface area contributed by atoms with Gasteiger partial charge in [-0.2, -0.15) is 0 Å². The highest BCUT2D eigenvalue weighted by molar-refractivity contribution is 8.03. The van der Waals surface area contributed by atoms with Crippen LogP contribution in [0.2, 0.25) is 0 Å².